The predicted molar refractivity (Wildman–Crippen MR) is 159 cm³/mol. The molecule has 4 aromatic rings. The molecule has 0 bridgehead atoms. The molecule has 8 N–H and O–H groups in total. The Kier molecular flexibility index (Phi) is 9.06. The summed E-state index contributed by atoms with van der Waals surface area (Å²) in [5.74, 6) is -0.240. The maximum atomic E-state index is 15.2. The Bertz CT molecular complexity index is 1870. The van der Waals surface area contributed by atoms with E-state index in [1.807, 2.05) is 0 Å². The summed E-state index contributed by atoms with van der Waals surface area (Å²) in [5.41, 5.74) is 10.7. The van der Waals surface area contributed by atoms with Gasteiger partial charge in [-0.3, -0.25) is 14.3 Å². The van der Waals surface area contributed by atoms with Crippen LogP contribution in [0, 0.1) is 0 Å². The molecule has 6 rings (SSSR count). The van der Waals surface area contributed by atoms with Gasteiger partial charge < -0.3 is 35.8 Å². The summed E-state index contributed by atoms with van der Waals surface area (Å²) in [6.07, 6.45) is -8.37. The van der Waals surface area contributed by atoms with Crippen LogP contribution in [0.25, 0.3) is 22.3 Å². The van der Waals surface area contributed by atoms with E-state index in [1.165, 1.54) is 0 Å². The van der Waals surface area contributed by atoms with Crippen molar-refractivity contribution in [3.05, 3.63) is 16.7 Å². The minimum Gasteiger partial charge on any atom is -0.389 e. The third kappa shape index (κ3) is 6.27. The van der Waals surface area contributed by atoms with Crippen LogP contribution in [0.2, 0.25) is 0 Å². The molecule has 0 saturated carbocycles. The van der Waals surface area contributed by atoms with Crippen LogP contribution in [-0.2, 0) is 34.7 Å². The Labute approximate surface area is 264 Å². The quantitative estimate of drug-likeness (QED) is 0.0738. The Morgan fingerprint density at radius 1 is 1.18 bits per heavy atom. The standard InChI is InChI=1S/C18H21FN12O9P2S3/c19-6-9(32)4(39-16(6)30-13-7(26-28-30)12(20)22-3-23-13)1-38-42(36,44)40-11-10(33)5(2-37-41(35)43)45-17(11)31-14-8(27-29-31)15(34)25-18(21)24-14/h3-6,9-11,16-17,32-33H,1-2H2,(H6-,20,21,22,23,24,25,28,29,34,35,36,43,44)/p+1/t4-,5-,6+,9-,10-,11-,16-,17-,42?/m1/s1. The van der Waals surface area contributed by atoms with E-state index in [0.29, 0.717) is 0 Å². The van der Waals surface area contributed by atoms with Gasteiger partial charge in [0.25, 0.3) is 5.56 Å². The van der Waals surface area contributed by atoms with Gasteiger partial charge in [0.1, 0.15) is 48.9 Å². The van der Waals surface area contributed by atoms with Crippen LogP contribution in [-0.4, -0.2) is 114 Å². The molecule has 0 aliphatic carbocycles. The second-order valence-electron chi connectivity index (χ2n) is 9.55. The lowest BCUT2D eigenvalue weighted by Gasteiger charge is -2.27. The lowest BCUT2D eigenvalue weighted by Crippen LogP contribution is -2.36. The van der Waals surface area contributed by atoms with Crippen molar-refractivity contribution in [2.45, 2.75) is 47.4 Å². The zero-order valence-electron chi connectivity index (χ0n) is 22.1. The van der Waals surface area contributed by atoms with Crippen molar-refractivity contribution in [3.8, 4) is 0 Å². The number of nitrogens with one attached hydrogen (secondary N) is 1. The fourth-order valence-corrected chi connectivity index (χ4v) is 8.22. The molecule has 21 nitrogen and oxygen atoms in total. The first-order chi connectivity index (χ1) is 21.3. The average molecular weight is 728 g/mol. The molecular weight excluding hydrogens is 705 g/mol. The smallest absolute Gasteiger partial charge is 0.389 e. The Morgan fingerprint density at radius 3 is 2.67 bits per heavy atom. The number of alkyl halides is 1. The molecule has 45 heavy (non-hydrogen) atoms. The van der Waals surface area contributed by atoms with Crippen LogP contribution in [0.15, 0.2) is 11.1 Å². The van der Waals surface area contributed by atoms with Crippen LogP contribution in [0.5, 0.6) is 0 Å². The van der Waals surface area contributed by atoms with E-state index in [4.69, 9.17) is 41.6 Å². The first-order valence-corrected chi connectivity index (χ1v) is 18.4. The number of halogens is 1. The topological polar surface area (TPSA) is 300 Å². The van der Waals surface area contributed by atoms with Gasteiger partial charge in [-0.15, -0.1) is 26.5 Å². The van der Waals surface area contributed by atoms with Crippen LogP contribution in [0.1, 0.15) is 11.6 Å². The minimum absolute atomic E-state index is 0.00181. The van der Waals surface area contributed by atoms with Crippen LogP contribution in [0.3, 0.4) is 0 Å². The number of aliphatic hydroxyl groups is 2. The van der Waals surface area contributed by atoms with E-state index in [-0.39, 0.29) is 40.7 Å². The molecule has 242 valence electrons. The molecule has 10 atom stereocenters. The minimum atomic E-state index is -4.30. The van der Waals surface area contributed by atoms with Gasteiger partial charge in [-0.1, -0.05) is 10.4 Å². The summed E-state index contributed by atoms with van der Waals surface area (Å²) in [6, 6.07) is 0. The number of aromatic amines is 1. The van der Waals surface area contributed by atoms with Gasteiger partial charge in [-0.2, -0.15) is 9.67 Å². The molecule has 4 aromatic heterocycles. The van der Waals surface area contributed by atoms with E-state index >= 15 is 4.39 Å². The second kappa shape index (κ2) is 12.6. The lowest BCUT2D eigenvalue weighted by molar-refractivity contribution is -0.0525. The number of ether oxygens (including phenoxy) is 1. The highest BCUT2D eigenvalue weighted by Crippen LogP contribution is 2.54. The number of nitrogens with two attached hydrogens (primary N) is 2. The van der Waals surface area contributed by atoms with Crippen LogP contribution >= 0.6 is 38.0 Å². The number of hydrogen-bond donors (Lipinski definition) is 7. The third-order valence-corrected chi connectivity index (χ3v) is 10.5. The molecule has 6 heterocycles. The SMILES string of the molecule is Nc1nc2c(nnn2[C@@H]2S[C@H](CO[P+](=O)S)[C@@H](O)[C@H]2OP(O)(=S)OC[C@H]2O[C@@H](n3nnc4c(N)ncnc43)[C@@H](F)[C@@H]2O)c(=O)[nH]1. The van der Waals surface area contributed by atoms with Crippen molar-refractivity contribution >= 4 is 83.9 Å². The van der Waals surface area contributed by atoms with Gasteiger partial charge in [-0.25, -0.2) is 19.0 Å². The van der Waals surface area contributed by atoms with Crippen molar-refractivity contribution in [2.75, 3.05) is 24.7 Å². The molecule has 0 spiro atoms. The summed E-state index contributed by atoms with van der Waals surface area (Å²) in [4.78, 5) is 37.4. The van der Waals surface area contributed by atoms with E-state index in [1.54, 1.807) is 0 Å². The highest BCUT2D eigenvalue weighted by molar-refractivity contribution is 8.39. The molecule has 2 aliphatic heterocycles. The van der Waals surface area contributed by atoms with Gasteiger partial charge >= 0.3 is 13.9 Å². The molecule has 2 aliphatic rings. The summed E-state index contributed by atoms with van der Waals surface area (Å²) >= 11 is 9.87. The monoisotopic (exact) mass is 727 g/mol. The number of anilines is 2. The number of aliphatic hydroxyl groups excluding tert-OH is 2. The number of rotatable bonds is 10. The number of aromatic nitrogens is 10. The summed E-state index contributed by atoms with van der Waals surface area (Å²) in [7, 11) is -2.33. The summed E-state index contributed by atoms with van der Waals surface area (Å²) in [6.45, 7) is -5.22. The molecule has 0 aromatic carbocycles. The fraction of sp³-hybridized carbons (Fsp3) is 0.556. The van der Waals surface area contributed by atoms with E-state index in [9.17, 15) is 24.5 Å². The van der Waals surface area contributed by atoms with Crippen molar-refractivity contribution in [1.82, 2.24) is 49.9 Å². The van der Waals surface area contributed by atoms with Crippen LogP contribution in [0.4, 0.5) is 16.2 Å². The van der Waals surface area contributed by atoms with E-state index in [0.717, 1.165) is 27.5 Å². The fourth-order valence-electron chi connectivity index (χ4n) is 4.68. The average Bonchev–Trinajstić information content (AvgIpc) is 3.73. The lowest BCUT2D eigenvalue weighted by atomic mass is 10.1. The molecular formula is C18H22FN12O9P2S3+. The molecule has 2 unspecified atom stereocenters. The van der Waals surface area contributed by atoms with Gasteiger partial charge in [0.05, 0.1) is 18.0 Å². The number of fused-ring (bicyclic) bond motifs is 2. The molecule has 0 amide bonds. The normalized spacial score (nSPS) is 30.3. The second-order valence-corrected chi connectivity index (χ2v) is 15.4. The van der Waals surface area contributed by atoms with Gasteiger partial charge in [-0.05, 0) is 16.4 Å². The molecule has 0 radical (unpaired) electrons. The number of H-pyrrole nitrogens is 1. The highest BCUT2D eigenvalue weighted by atomic mass is 32.7. The van der Waals surface area contributed by atoms with Gasteiger partial charge in [0.15, 0.2) is 40.5 Å². The number of thiol groups is 1. The maximum absolute atomic E-state index is 15.2. The summed E-state index contributed by atoms with van der Waals surface area (Å²) in [5, 5.41) is 35.1. The van der Waals surface area contributed by atoms with Crippen molar-refractivity contribution in [3.63, 3.8) is 0 Å². The van der Waals surface area contributed by atoms with Gasteiger partial charge in [0, 0.05) is 0 Å². The van der Waals surface area contributed by atoms with E-state index < -0.39 is 73.6 Å². The first-order valence-electron chi connectivity index (χ1n) is 12.5. The number of hydrogen-bond acceptors (Lipinski definition) is 19. The zero-order valence-corrected chi connectivity index (χ0v) is 26.4. The van der Waals surface area contributed by atoms with Crippen molar-refractivity contribution < 1.29 is 42.4 Å². The van der Waals surface area contributed by atoms with Crippen LogP contribution < -0.4 is 17.0 Å². The third-order valence-electron chi connectivity index (χ3n) is 6.74. The Hall–Kier alpha value is -2.54. The number of nitrogens with zero attached hydrogens (tertiary/aromatic N) is 9. The Morgan fingerprint density at radius 2 is 1.91 bits per heavy atom. The number of thioether (sulfide) groups is 1. The maximum Gasteiger partial charge on any atom is 0.582 e. The molecule has 2 saturated heterocycles. The largest absolute Gasteiger partial charge is 0.582 e. The number of nitrogen functional groups attached to an aromatic ring is 2. The highest BCUT2D eigenvalue weighted by Gasteiger charge is 2.51. The zero-order chi connectivity index (χ0) is 32.2. The van der Waals surface area contributed by atoms with Gasteiger partial charge in [0.2, 0.25) is 5.95 Å². The van der Waals surface area contributed by atoms with E-state index in [2.05, 4.69) is 52.8 Å². The molecule has 2 fully saturated rings. The Balaban J connectivity index is 1.20. The molecule has 27 heteroatoms. The van der Waals surface area contributed by atoms with Crippen molar-refractivity contribution in [2.24, 2.45) is 0 Å². The first kappa shape index (κ1) is 32.4. The van der Waals surface area contributed by atoms with Crippen molar-refractivity contribution in [1.29, 1.82) is 0 Å². The summed E-state index contributed by atoms with van der Waals surface area (Å²) < 4.78 is 50.5. The predicted octanol–water partition coefficient (Wildman–Crippen LogP) is -1.29.